The van der Waals surface area contributed by atoms with Gasteiger partial charge in [0.05, 0.1) is 18.1 Å². The van der Waals surface area contributed by atoms with Gasteiger partial charge in [-0.1, -0.05) is 11.6 Å². The average Bonchev–Trinajstić information content (AvgIpc) is 2.97. The molecule has 124 valence electrons. The molecule has 0 fully saturated rings. The Kier molecular flexibility index (Phi) is 4.22. The Morgan fingerprint density at radius 3 is 2.79 bits per heavy atom. The quantitative estimate of drug-likeness (QED) is 0.601. The van der Waals surface area contributed by atoms with Crippen LogP contribution in [-0.4, -0.2) is 32.8 Å². The van der Waals surface area contributed by atoms with Crippen LogP contribution < -0.4 is 16.2 Å². The number of methoxy groups -OCH3 is 1. The second-order valence-corrected chi connectivity index (χ2v) is 5.48. The Hall–Kier alpha value is -2.87. The van der Waals surface area contributed by atoms with Crippen molar-refractivity contribution in [3.63, 3.8) is 0 Å². The van der Waals surface area contributed by atoms with Crippen molar-refractivity contribution in [2.75, 3.05) is 18.6 Å². The van der Waals surface area contributed by atoms with Crippen molar-refractivity contribution in [2.45, 2.75) is 12.8 Å². The Morgan fingerprint density at radius 1 is 1.25 bits per heavy atom. The second-order valence-electron chi connectivity index (χ2n) is 5.12. The van der Waals surface area contributed by atoms with Crippen LogP contribution in [0.2, 0.25) is 5.15 Å². The number of fused-ring (bicyclic) bond motifs is 1. The third kappa shape index (κ3) is 3.09. The number of ether oxygens (including phenoxy) is 1. The molecule has 2 aromatic heterocycles. The maximum absolute atomic E-state index is 12.3. The lowest BCUT2D eigenvalue weighted by molar-refractivity contribution is 0.0978. The number of nitrogen functional groups attached to an aromatic ring is 2. The number of hydrogen-bond donors (Lipinski definition) is 3. The molecular formula is C15H15ClN6O2. The normalized spacial score (nSPS) is 10.9. The number of nitrogens with two attached hydrogens (primary N) is 2. The number of rotatable bonds is 5. The fourth-order valence-electron chi connectivity index (χ4n) is 2.28. The van der Waals surface area contributed by atoms with Gasteiger partial charge in [-0.2, -0.15) is 0 Å². The Bertz CT molecular complexity index is 924. The van der Waals surface area contributed by atoms with Crippen molar-refractivity contribution in [1.82, 2.24) is 19.9 Å². The molecule has 5 N–H and O–H groups in total. The van der Waals surface area contributed by atoms with Crippen LogP contribution in [0.3, 0.4) is 0 Å². The molecule has 0 saturated heterocycles. The zero-order valence-electron chi connectivity index (χ0n) is 12.8. The SMILES string of the molecule is COc1ccc2nc(CCC(=O)c3nc(Cl)c(N)nc3N)[nH]c2c1. The topological polar surface area (TPSA) is 133 Å². The molecule has 0 aliphatic carbocycles. The number of nitrogens with zero attached hydrogens (tertiary/aromatic N) is 3. The van der Waals surface area contributed by atoms with Crippen molar-refractivity contribution in [3.8, 4) is 5.75 Å². The second kappa shape index (κ2) is 6.32. The molecule has 0 saturated carbocycles. The van der Waals surface area contributed by atoms with Crippen LogP contribution in [-0.2, 0) is 6.42 Å². The number of nitrogens with one attached hydrogen (secondary N) is 1. The number of halogens is 1. The number of aromatic nitrogens is 4. The first kappa shape index (κ1) is 16.0. The van der Waals surface area contributed by atoms with Gasteiger partial charge < -0.3 is 21.2 Å². The molecule has 0 radical (unpaired) electrons. The molecule has 0 aliphatic heterocycles. The largest absolute Gasteiger partial charge is 0.497 e. The van der Waals surface area contributed by atoms with Crippen molar-refractivity contribution >= 4 is 40.1 Å². The molecule has 0 unspecified atom stereocenters. The Balaban J connectivity index is 1.75. The number of anilines is 2. The van der Waals surface area contributed by atoms with Crippen molar-refractivity contribution in [3.05, 3.63) is 34.9 Å². The predicted octanol–water partition coefficient (Wildman–Crippen LogP) is 1.99. The summed E-state index contributed by atoms with van der Waals surface area (Å²) in [7, 11) is 1.60. The number of aryl methyl sites for hydroxylation is 1. The van der Waals surface area contributed by atoms with Crippen LogP contribution in [0, 0.1) is 0 Å². The number of H-pyrrole nitrogens is 1. The third-order valence-corrected chi connectivity index (χ3v) is 3.77. The van der Waals surface area contributed by atoms with E-state index in [1.807, 2.05) is 18.2 Å². The summed E-state index contributed by atoms with van der Waals surface area (Å²) in [6.45, 7) is 0. The highest BCUT2D eigenvalue weighted by atomic mass is 35.5. The summed E-state index contributed by atoms with van der Waals surface area (Å²) in [6, 6.07) is 5.51. The number of Topliss-reactive ketones (excluding diaryl/α,β-unsaturated/α-hetero) is 1. The molecular weight excluding hydrogens is 332 g/mol. The number of ketones is 1. The highest BCUT2D eigenvalue weighted by Gasteiger charge is 2.16. The molecule has 0 bridgehead atoms. The zero-order valence-corrected chi connectivity index (χ0v) is 13.6. The lowest BCUT2D eigenvalue weighted by atomic mass is 10.1. The minimum atomic E-state index is -0.278. The van der Waals surface area contributed by atoms with Gasteiger partial charge in [0.15, 0.2) is 22.6 Å². The molecule has 3 aromatic rings. The van der Waals surface area contributed by atoms with E-state index >= 15 is 0 Å². The molecule has 9 heteroatoms. The molecule has 0 amide bonds. The monoisotopic (exact) mass is 346 g/mol. The molecule has 8 nitrogen and oxygen atoms in total. The van der Waals surface area contributed by atoms with Gasteiger partial charge in [-0.25, -0.2) is 15.0 Å². The van der Waals surface area contributed by atoms with Crippen LogP contribution in [0.25, 0.3) is 11.0 Å². The first-order valence-corrected chi connectivity index (χ1v) is 7.50. The summed E-state index contributed by atoms with van der Waals surface area (Å²) in [6.07, 6.45) is 0.565. The summed E-state index contributed by atoms with van der Waals surface area (Å²) in [5.74, 6) is 1.10. The first-order chi connectivity index (χ1) is 11.5. The first-order valence-electron chi connectivity index (χ1n) is 7.12. The Labute approximate surface area is 142 Å². The van der Waals surface area contributed by atoms with Crippen LogP contribution in [0.4, 0.5) is 11.6 Å². The number of imidazole rings is 1. The Morgan fingerprint density at radius 2 is 2.04 bits per heavy atom. The third-order valence-electron chi connectivity index (χ3n) is 3.50. The molecule has 3 rings (SSSR count). The van der Waals surface area contributed by atoms with Crippen LogP contribution in [0.15, 0.2) is 18.2 Å². The van der Waals surface area contributed by atoms with Crippen LogP contribution in [0.5, 0.6) is 5.75 Å². The van der Waals surface area contributed by atoms with Gasteiger partial charge in [-0.15, -0.1) is 0 Å². The zero-order chi connectivity index (χ0) is 17.3. The fourth-order valence-corrected chi connectivity index (χ4v) is 2.41. The number of hydrogen-bond acceptors (Lipinski definition) is 7. The van der Waals surface area contributed by atoms with Crippen molar-refractivity contribution < 1.29 is 9.53 Å². The molecule has 0 atom stereocenters. The van der Waals surface area contributed by atoms with E-state index in [-0.39, 0.29) is 34.7 Å². The van der Waals surface area contributed by atoms with Gasteiger partial charge in [0.2, 0.25) is 0 Å². The van der Waals surface area contributed by atoms with Crippen molar-refractivity contribution in [2.24, 2.45) is 0 Å². The number of aromatic amines is 1. The van der Waals surface area contributed by atoms with Gasteiger partial charge in [-0.05, 0) is 12.1 Å². The van der Waals surface area contributed by atoms with Crippen LogP contribution >= 0.6 is 11.6 Å². The lowest BCUT2D eigenvalue weighted by Crippen LogP contribution is -2.11. The van der Waals surface area contributed by atoms with Gasteiger partial charge in [0.25, 0.3) is 0 Å². The van der Waals surface area contributed by atoms with E-state index in [0.717, 1.165) is 16.8 Å². The summed E-state index contributed by atoms with van der Waals surface area (Å²) < 4.78 is 5.17. The van der Waals surface area contributed by atoms with E-state index in [9.17, 15) is 4.79 Å². The molecule has 0 spiro atoms. The van der Waals surface area contributed by atoms with Crippen molar-refractivity contribution in [1.29, 1.82) is 0 Å². The summed E-state index contributed by atoms with van der Waals surface area (Å²) >= 11 is 5.79. The van der Waals surface area contributed by atoms with Gasteiger partial charge in [0, 0.05) is 18.9 Å². The smallest absolute Gasteiger partial charge is 0.185 e. The van der Waals surface area contributed by atoms with E-state index in [1.54, 1.807) is 7.11 Å². The van der Waals surface area contributed by atoms with Crippen LogP contribution in [0.1, 0.15) is 22.7 Å². The molecule has 2 heterocycles. The maximum Gasteiger partial charge on any atom is 0.185 e. The van der Waals surface area contributed by atoms with Gasteiger partial charge >= 0.3 is 0 Å². The number of carbonyl (C=O) groups excluding carboxylic acids is 1. The summed E-state index contributed by atoms with van der Waals surface area (Å²) in [5.41, 5.74) is 12.8. The summed E-state index contributed by atoms with van der Waals surface area (Å²) in [5, 5.41) is -0.0385. The molecule has 0 aliphatic rings. The van der Waals surface area contributed by atoms with E-state index in [1.165, 1.54) is 0 Å². The lowest BCUT2D eigenvalue weighted by Gasteiger charge is -2.04. The van der Waals surface area contributed by atoms with E-state index in [2.05, 4.69) is 19.9 Å². The van der Waals surface area contributed by atoms with E-state index in [0.29, 0.717) is 12.2 Å². The highest BCUT2D eigenvalue weighted by molar-refractivity contribution is 6.31. The standard InChI is InChI=1S/C15H15ClN6O2/c1-24-7-2-3-8-9(6-7)20-11(19-8)5-4-10(23)12-14(17)22-15(18)13(16)21-12/h2-3,6H,4-5H2,1H3,(H,19,20)(H4,17,18,22). The van der Waals surface area contributed by atoms with Gasteiger partial charge in [-0.3, -0.25) is 4.79 Å². The van der Waals surface area contributed by atoms with Gasteiger partial charge in [0.1, 0.15) is 17.3 Å². The average molecular weight is 347 g/mol. The van der Waals surface area contributed by atoms with E-state index in [4.69, 9.17) is 27.8 Å². The maximum atomic E-state index is 12.3. The minimum absolute atomic E-state index is 0.00283. The number of carbonyl (C=O) groups is 1. The number of benzene rings is 1. The molecule has 24 heavy (non-hydrogen) atoms. The predicted molar refractivity (Wildman–Crippen MR) is 91.2 cm³/mol. The van der Waals surface area contributed by atoms with E-state index < -0.39 is 0 Å². The fraction of sp³-hybridized carbons (Fsp3) is 0.200. The highest BCUT2D eigenvalue weighted by Crippen LogP contribution is 2.21. The summed E-state index contributed by atoms with van der Waals surface area (Å²) in [4.78, 5) is 27.6. The minimum Gasteiger partial charge on any atom is -0.497 e. The molecule has 1 aromatic carbocycles.